The first-order chi connectivity index (χ1) is 13.1. The number of hydrogen-bond donors (Lipinski definition) is 4. The van der Waals surface area contributed by atoms with Gasteiger partial charge in [0.1, 0.15) is 16.9 Å². The molecule has 0 aliphatic heterocycles. The molecule has 1 fully saturated rings. The van der Waals surface area contributed by atoms with Crippen molar-refractivity contribution in [1.82, 2.24) is 15.0 Å². The van der Waals surface area contributed by atoms with Crippen LogP contribution >= 0.6 is 11.3 Å². The van der Waals surface area contributed by atoms with Crippen molar-refractivity contribution in [3.63, 3.8) is 0 Å². The molecule has 9 heteroatoms. The highest BCUT2D eigenvalue weighted by Gasteiger charge is 2.42. The molecule has 0 radical (unpaired) electrons. The van der Waals surface area contributed by atoms with Crippen molar-refractivity contribution in [1.29, 1.82) is 0 Å². The van der Waals surface area contributed by atoms with Gasteiger partial charge in [0.2, 0.25) is 5.95 Å². The molecule has 4 atom stereocenters. The van der Waals surface area contributed by atoms with Gasteiger partial charge in [0, 0.05) is 25.8 Å². The van der Waals surface area contributed by atoms with Crippen molar-refractivity contribution in [3.05, 3.63) is 30.5 Å². The van der Waals surface area contributed by atoms with E-state index in [0.717, 1.165) is 20.8 Å². The van der Waals surface area contributed by atoms with E-state index in [1.807, 2.05) is 24.3 Å². The monoisotopic (exact) mass is 387 g/mol. The largest absolute Gasteiger partial charge is 0.396 e. The average Bonchev–Trinajstić information content (AvgIpc) is 3.22. The summed E-state index contributed by atoms with van der Waals surface area (Å²) in [5.74, 6) is 0.436. The van der Waals surface area contributed by atoms with Gasteiger partial charge in [-0.15, -0.1) is 11.3 Å². The van der Waals surface area contributed by atoms with E-state index < -0.39 is 12.2 Å². The van der Waals surface area contributed by atoms with Gasteiger partial charge in [0.05, 0.1) is 27.9 Å². The minimum Gasteiger partial charge on any atom is -0.396 e. The highest BCUT2D eigenvalue weighted by Crippen LogP contribution is 2.36. The van der Waals surface area contributed by atoms with Gasteiger partial charge in [-0.1, -0.05) is 12.1 Å². The van der Waals surface area contributed by atoms with Gasteiger partial charge in [-0.05, 0) is 18.6 Å². The first-order valence-electron chi connectivity index (χ1n) is 8.67. The Morgan fingerprint density at radius 2 is 2.15 bits per heavy atom. The number of hydrogen-bond acceptors (Lipinski definition) is 9. The zero-order chi connectivity index (χ0) is 19.0. The number of thiazole rings is 1. The summed E-state index contributed by atoms with van der Waals surface area (Å²) >= 11 is 1.55. The van der Waals surface area contributed by atoms with Gasteiger partial charge in [0.25, 0.3) is 0 Å². The second-order valence-corrected chi connectivity index (χ2v) is 7.63. The third kappa shape index (κ3) is 3.34. The molecule has 0 amide bonds. The molecule has 1 saturated carbocycles. The van der Waals surface area contributed by atoms with Crippen LogP contribution in [0.15, 0.2) is 30.5 Å². The number of nitrogens with one attached hydrogen (secondary N) is 1. The number of aliphatic hydroxyl groups excluding tert-OH is 2. The number of fused-ring (bicyclic) bond motifs is 1. The summed E-state index contributed by atoms with van der Waals surface area (Å²) < 4.78 is 6.52. The second kappa shape index (κ2) is 7.35. The van der Waals surface area contributed by atoms with E-state index in [9.17, 15) is 10.2 Å². The molecule has 3 aromatic rings. The van der Waals surface area contributed by atoms with E-state index in [1.165, 1.54) is 0 Å². The Morgan fingerprint density at radius 1 is 1.33 bits per heavy atom. The van der Waals surface area contributed by atoms with Crippen LogP contribution in [0.5, 0.6) is 0 Å². The van der Waals surface area contributed by atoms with Crippen molar-refractivity contribution in [2.45, 2.75) is 24.7 Å². The summed E-state index contributed by atoms with van der Waals surface area (Å²) in [5.41, 5.74) is 7.45. The number of nitrogens with zero attached hydrogens (tertiary/aromatic N) is 3. The number of anilines is 2. The highest BCUT2D eigenvalue weighted by molar-refractivity contribution is 7.21. The van der Waals surface area contributed by atoms with Gasteiger partial charge in [-0.2, -0.15) is 4.98 Å². The molecule has 4 rings (SSSR count). The number of nitrogens with two attached hydrogens (primary N) is 1. The smallest absolute Gasteiger partial charge is 0.221 e. The van der Waals surface area contributed by atoms with Crippen LogP contribution in [0.1, 0.15) is 6.42 Å². The third-order valence-corrected chi connectivity index (χ3v) is 6.00. The third-order valence-electron chi connectivity index (χ3n) is 4.93. The maximum Gasteiger partial charge on any atom is 0.221 e. The maximum absolute atomic E-state index is 10.3. The van der Waals surface area contributed by atoms with E-state index in [1.54, 1.807) is 24.6 Å². The molecule has 2 aromatic heterocycles. The van der Waals surface area contributed by atoms with Gasteiger partial charge < -0.3 is 26.0 Å². The minimum absolute atomic E-state index is 0.101. The highest BCUT2D eigenvalue weighted by atomic mass is 32.1. The molecule has 0 bridgehead atoms. The molecule has 0 saturated heterocycles. The SMILES string of the molecule is COC1C(Nc2nc(N)ncc2-c2nc3ccccc3s2)CC(CO)C1O. The number of para-hydroxylation sites is 1. The van der Waals surface area contributed by atoms with Gasteiger partial charge in [0.15, 0.2) is 0 Å². The molecule has 8 nitrogen and oxygen atoms in total. The van der Waals surface area contributed by atoms with E-state index >= 15 is 0 Å². The molecule has 4 unspecified atom stereocenters. The number of rotatable bonds is 5. The first kappa shape index (κ1) is 18.1. The lowest BCUT2D eigenvalue weighted by molar-refractivity contribution is -0.0200. The number of ether oxygens (including phenoxy) is 1. The van der Waals surface area contributed by atoms with Crippen molar-refractivity contribution in [2.75, 3.05) is 24.8 Å². The Bertz CT molecular complexity index is 917. The number of methoxy groups -OCH3 is 1. The van der Waals surface area contributed by atoms with Crippen LogP contribution in [0.4, 0.5) is 11.8 Å². The average molecular weight is 387 g/mol. The topological polar surface area (TPSA) is 126 Å². The Kier molecular flexibility index (Phi) is 4.92. The first-order valence-corrected chi connectivity index (χ1v) is 9.49. The van der Waals surface area contributed by atoms with Crippen LogP contribution in [0.2, 0.25) is 0 Å². The Balaban J connectivity index is 1.70. The predicted molar refractivity (Wildman–Crippen MR) is 104 cm³/mol. The fourth-order valence-corrected chi connectivity index (χ4v) is 4.53. The van der Waals surface area contributed by atoms with Gasteiger partial charge in [-0.25, -0.2) is 9.97 Å². The molecule has 2 heterocycles. The molecule has 1 aromatic carbocycles. The number of aliphatic hydroxyl groups is 2. The summed E-state index contributed by atoms with van der Waals surface area (Å²) in [6.07, 6.45) is 1.00. The summed E-state index contributed by atoms with van der Waals surface area (Å²) in [5, 5.41) is 23.9. The van der Waals surface area contributed by atoms with Gasteiger partial charge in [-0.3, -0.25) is 0 Å². The standard InChI is InChI=1S/C18H21N5O3S/c1-26-15-12(6-9(8-24)14(15)25)21-16-10(7-20-18(19)23-16)17-22-11-4-2-3-5-13(11)27-17/h2-5,7,9,12,14-15,24-25H,6,8H2,1H3,(H3,19,20,21,23). The summed E-state index contributed by atoms with van der Waals surface area (Å²) in [6.45, 7) is -0.101. The van der Waals surface area contributed by atoms with Crippen molar-refractivity contribution in [3.8, 4) is 10.6 Å². The molecular weight excluding hydrogens is 366 g/mol. The minimum atomic E-state index is -0.748. The molecule has 27 heavy (non-hydrogen) atoms. The number of nitrogen functional groups attached to an aromatic ring is 1. The van der Waals surface area contributed by atoms with Crippen LogP contribution in [0.3, 0.4) is 0 Å². The van der Waals surface area contributed by atoms with Crippen LogP contribution in [0.25, 0.3) is 20.8 Å². The lowest BCUT2D eigenvalue weighted by Gasteiger charge is -2.23. The summed E-state index contributed by atoms with van der Waals surface area (Å²) in [4.78, 5) is 13.1. The molecule has 142 valence electrons. The number of aromatic nitrogens is 3. The number of benzene rings is 1. The van der Waals surface area contributed by atoms with Crippen molar-refractivity contribution in [2.24, 2.45) is 5.92 Å². The van der Waals surface area contributed by atoms with E-state index in [2.05, 4.69) is 20.3 Å². The molecule has 0 spiro atoms. The molecule has 1 aliphatic rings. The molecular formula is C18H21N5O3S. The fourth-order valence-electron chi connectivity index (χ4n) is 3.56. The zero-order valence-electron chi connectivity index (χ0n) is 14.7. The Hall–Kier alpha value is -2.33. The van der Waals surface area contributed by atoms with Crippen LogP contribution < -0.4 is 11.1 Å². The lowest BCUT2D eigenvalue weighted by atomic mass is 10.1. The molecule has 5 N–H and O–H groups in total. The zero-order valence-corrected chi connectivity index (χ0v) is 15.6. The predicted octanol–water partition coefficient (Wildman–Crippen LogP) is 1.50. The fraction of sp³-hybridized carbons (Fsp3) is 0.389. The van der Waals surface area contributed by atoms with E-state index in [4.69, 9.17) is 10.5 Å². The van der Waals surface area contributed by atoms with Crippen LogP contribution in [-0.2, 0) is 4.74 Å². The van der Waals surface area contributed by atoms with Crippen molar-refractivity contribution >= 4 is 33.3 Å². The second-order valence-electron chi connectivity index (χ2n) is 6.60. The van der Waals surface area contributed by atoms with Crippen molar-refractivity contribution < 1.29 is 14.9 Å². The molecule has 1 aliphatic carbocycles. The van der Waals surface area contributed by atoms with Gasteiger partial charge >= 0.3 is 0 Å². The van der Waals surface area contributed by atoms with E-state index in [-0.39, 0.29) is 24.5 Å². The lowest BCUT2D eigenvalue weighted by Crippen LogP contribution is -2.37. The maximum atomic E-state index is 10.3. The Morgan fingerprint density at radius 3 is 2.89 bits per heavy atom. The summed E-state index contributed by atoms with van der Waals surface area (Å²) in [7, 11) is 1.55. The van der Waals surface area contributed by atoms with Crippen LogP contribution in [0, 0.1) is 5.92 Å². The Labute approximate surface area is 160 Å². The van der Waals surface area contributed by atoms with Crippen LogP contribution in [-0.4, -0.2) is 57.1 Å². The van der Waals surface area contributed by atoms with E-state index in [0.29, 0.717) is 12.2 Å². The quantitative estimate of drug-likeness (QED) is 0.519. The summed E-state index contributed by atoms with van der Waals surface area (Å²) in [6, 6.07) is 7.68. The normalized spacial score (nSPS) is 25.1.